The van der Waals surface area contributed by atoms with Gasteiger partial charge in [0.15, 0.2) is 0 Å². The summed E-state index contributed by atoms with van der Waals surface area (Å²) in [4.78, 5) is 8.33. The van der Waals surface area contributed by atoms with Gasteiger partial charge >= 0.3 is 27.3 Å². The summed E-state index contributed by atoms with van der Waals surface area (Å²) in [5.41, 5.74) is 0. The Kier molecular flexibility index (Phi) is 24.5. The number of carboxylic acid groups (broad SMARTS) is 2. The van der Waals surface area contributed by atoms with Gasteiger partial charge < -0.3 is 21.2 Å². The van der Waals surface area contributed by atoms with Crippen LogP contribution in [0.2, 0.25) is 0 Å². The van der Waals surface area contributed by atoms with Gasteiger partial charge in [0.1, 0.15) is 0 Å². The second kappa shape index (κ2) is 8.94. The Morgan fingerprint density at radius 2 is 1.33 bits per heavy atom. The van der Waals surface area contributed by atoms with Gasteiger partial charge in [0, 0.05) is 0 Å². The Morgan fingerprint density at radius 1 is 1.33 bits per heavy atom. The molecule has 0 atom stereocenters. The molecule has 3 radical (unpaired) electrons. The Hall–Kier alpha value is 0.152. The van der Waals surface area contributed by atoms with E-state index in [1.165, 1.54) is 0 Å². The van der Waals surface area contributed by atoms with Crippen molar-refractivity contribution >= 4 is 33.5 Å². The molecule has 35 valence electrons. The van der Waals surface area contributed by atoms with E-state index in [-0.39, 0.29) is 33.4 Å². The summed E-state index contributed by atoms with van der Waals surface area (Å²) in [5, 5.41) is 16.7. The smallest absolute Gasteiger partial charge is 0.652 e. The quantitative estimate of drug-likeness (QED) is 0.500. The maximum absolute atomic E-state index is 8.33. The fourth-order valence-electron chi connectivity index (χ4n) is 0. The van der Waals surface area contributed by atoms with E-state index < -0.39 is 6.16 Å². The fraction of sp³-hybridized carbons (Fsp3) is 0. The summed E-state index contributed by atoms with van der Waals surface area (Å²) in [6.45, 7) is 0. The molecular formula is CH4NO3Pb. The van der Waals surface area contributed by atoms with E-state index in [9.17, 15) is 0 Å². The van der Waals surface area contributed by atoms with Crippen LogP contribution in [0.1, 0.15) is 0 Å². The van der Waals surface area contributed by atoms with Crippen molar-refractivity contribution in [3.05, 3.63) is 0 Å². The molecule has 5 heteroatoms. The van der Waals surface area contributed by atoms with Crippen LogP contribution >= 0.6 is 0 Å². The average Bonchev–Trinajstić information content (AvgIpc) is 0.811. The second-order valence-corrected chi connectivity index (χ2v) is 0.250. The first-order valence-electron chi connectivity index (χ1n) is 0.612. The molecule has 4 nitrogen and oxygen atoms in total. The molecule has 0 aromatic rings. The first-order valence-corrected chi connectivity index (χ1v) is 0.612. The number of carbonyl (C=O) groups excluding carboxylic acids is 1. The van der Waals surface area contributed by atoms with E-state index in [2.05, 4.69) is 0 Å². The maximum atomic E-state index is 8.33. The van der Waals surface area contributed by atoms with Crippen molar-refractivity contribution in [2.24, 2.45) is 0 Å². The van der Waals surface area contributed by atoms with Crippen LogP contribution in [0.3, 0.4) is 0 Å². The topological polar surface area (TPSA) is 99.7 Å². The van der Waals surface area contributed by atoms with Gasteiger partial charge in [-0.3, -0.25) is 0 Å². The van der Waals surface area contributed by atoms with Gasteiger partial charge in [-0.05, 0) is 6.16 Å². The van der Waals surface area contributed by atoms with Crippen LogP contribution in [-0.2, 0) is 0 Å². The van der Waals surface area contributed by atoms with Crippen molar-refractivity contribution in [3.8, 4) is 0 Å². The van der Waals surface area contributed by atoms with E-state index in [1.807, 2.05) is 0 Å². The van der Waals surface area contributed by atoms with Crippen LogP contribution in [0.4, 0.5) is 4.79 Å². The van der Waals surface area contributed by atoms with Gasteiger partial charge in [-0.1, -0.05) is 0 Å². The summed E-state index contributed by atoms with van der Waals surface area (Å²) in [5.74, 6) is 0. The van der Waals surface area contributed by atoms with E-state index >= 15 is 0 Å². The zero-order valence-electron chi connectivity index (χ0n) is 3.22. The molecule has 0 fully saturated rings. The normalized spacial score (nSPS) is 4.00. The Morgan fingerprint density at radius 3 is 1.33 bits per heavy atom. The first kappa shape index (κ1) is 16.4. The van der Waals surface area contributed by atoms with Crippen LogP contribution < -0.4 is 16.4 Å². The van der Waals surface area contributed by atoms with E-state index in [0.717, 1.165) is 0 Å². The molecule has 0 spiro atoms. The first-order chi connectivity index (χ1) is 1.73. The molecule has 0 saturated heterocycles. The molecule has 4 N–H and O–H groups in total. The zero-order valence-corrected chi connectivity index (χ0v) is 7.11. The SMILES string of the molecule is O=C([O-])[O-].[NH4+].[Pb+]. The maximum Gasteiger partial charge on any atom is 1.00 e. The Labute approximate surface area is 54.9 Å². The van der Waals surface area contributed by atoms with Gasteiger partial charge in [-0.2, -0.15) is 0 Å². The van der Waals surface area contributed by atoms with Crippen LogP contribution in [0.25, 0.3) is 0 Å². The molecular weight excluding hydrogens is 281 g/mol. The molecule has 0 heterocycles. The molecule has 0 rings (SSSR count). The van der Waals surface area contributed by atoms with Gasteiger partial charge in [0.05, 0.1) is 0 Å². The second-order valence-electron chi connectivity index (χ2n) is 0.250. The van der Waals surface area contributed by atoms with Gasteiger partial charge in [0.2, 0.25) is 0 Å². The molecule has 0 bridgehead atoms. The van der Waals surface area contributed by atoms with Crippen LogP contribution in [-0.4, -0.2) is 33.5 Å². The third-order valence-electron chi connectivity index (χ3n) is 0. The summed E-state index contributed by atoms with van der Waals surface area (Å²) < 4.78 is 0. The van der Waals surface area contributed by atoms with E-state index in [4.69, 9.17) is 15.0 Å². The molecule has 6 heavy (non-hydrogen) atoms. The molecule has 0 amide bonds. The van der Waals surface area contributed by atoms with Crippen molar-refractivity contribution in [1.82, 2.24) is 6.15 Å². The number of rotatable bonds is 0. The van der Waals surface area contributed by atoms with Gasteiger partial charge in [-0.15, -0.1) is 0 Å². The molecule has 0 aromatic carbocycles. The van der Waals surface area contributed by atoms with Crippen LogP contribution in [0.5, 0.6) is 0 Å². The number of carbonyl (C=O) groups is 1. The zero-order chi connectivity index (χ0) is 3.58. The van der Waals surface area contributed by atoms with Gasteiger partial charge in [0.25, 0.3) is 0 Å². The molecule has 0 unspecified atom stereocenters. The summed E-state index contributed by atoms with van der Waals surface area (Å²) in [7, 11) is 0. The molecule has 0 aliphatic rings. The van der Waals surface area contributed by atoms with Crippen molar-refractivity contribution in [1.29, 1.82) is 0 Å². The van der Waals surface area contributed by atoms with E-state index in [0.29, 0.717) is 0 Å². The third-order valence-corrected chi connectivity index (χ3v) is 0. The largest absolute Gasteiger partial charge is 1.00 e. The molecule has 0 aliphatic heterocycles. The monoisotopic (exact) mass is 286 g/mol. The number of hydrogen-bond acceptors (Lipinski definition) is 3. The predicted octanol–water partition coefficient (Wildman–Crippen LogP) is -2.45. The summed E-state index contributed by atoms with van der Waals surface area (Å²) in [6.07, 6.45) is -2.33. The predicted molar refractivity (Wildman–Crippen MR) is 17.1 cm³/mol. The molecule has 0 saturated carbocycles. The average molecular weight is 285 g/mol. The third kappa shape index (κ3) is 1780. The minimum Gasteiger partial charge on any atom is -0.652 e. The van der Waals surface area contributed by atoms with Crippen molar-refractivity contribution in [3.63, 3.8) is 0 Å². The van der Waals surface area contributed by atoms with Gasteiger partial charge in [-0.25, -0.2) is 0 Å². The van der Waals surface area contributed by atoms with Crippen LogP contribution in [0, 0.1) is 0 Å². The fourth-order valence-corrected chi connectivity index (χ4v) is 0. The minimum absolute atomic E-state index is 0. The Balaban J connectivity index is -0.0000000450. The van der Waals surface area contributed by atoms with Crippen molar-refractivity contribution in [2.75, 3.05) is 0 Å². The summed E-state index contributed by atoms with van der Waals surface area (Å²) in [6, 6.07) is 0. The standard InChI is InChI=1S/CH2O3.H3N.Pb/c2-1(3)4;;/h(H2,2,3,4);1H3;/q;;+1/p-1. The Bertz CT molecular complexity index is 33.8. The minimum atomic E-state index is -2.33. The van der Waals surface area contributed by atoms with Crippen molar-refractivity contribution < 1.29 is 15.0 Å². The molecule has 0 aliphatic carbocycles. The van der Waals surface area contributed by atoms with E-state index in [1.54, 1.807) is 0 Å². The summed E-state index contributed by atoms with van der Waals surface area (Å²) >= 11 is 0. The number of hydrogen-bond donors (Lipinski definition) is 1. The molecule has 0 aromatic heterocycles. The van der Waals surface area contributed by atoms with Crippen molar-refractivity contribution in [2.45, 2.75) is 0 Å². The van der Waals surface area contributed by atoms with Crippen LogP contribution in [0.15, 0.2) is 0 Å². The number of quaternary nitrogens is 1.